The average molecular weight is 598 g/mol. The van der Waals surface area contributed by atoms with Gasteiger partial charge < -0.3 is 21.1 Å². The van der Waals surface area contributed by atoms with Gasteiger partial charge in [0.1, 0.15) is 17.7 Å². The number of carbonyl (C=O) groups excluding carboxylic acids is 1. The third-order valence-corrected chi connectivity index (χ3v) is 6.07. The minimum Gasteiger partial charge on any atom is -0.475 e. The number of halogens is 4. The number of nitrogens with zero attached hydrogens (tertiary/aromatic N) is 2. The first-order valence-corrected chi connectivity index (χ1v) is 13.2. The summed E-state index contributed by atoms with van der Waals surface area (Å²) < 4.78 is 45.3. The van der Waals surface area contributed by atoms with E-state index in [1.54, 1.807) is 12.1 Å². The molecule has 0 fully saturated rings. The fourth-order valence-corrected chi connectivity index (χ4v) is 3.90. The zero-order valence-corrected chi connectivity index (χ0v) is 23.5. The van der Waals surface area contributed by atoms with Gasteiger partial charge in [-0.2, -0.15) is 18.2 Å². The van der Waals surface area contributed by atoms with Crippen molar-refractivity contribution in [1.29, 1.82) is 0 Å². The number of rotatable bonds is 10. The molecule has 1 heterocycles. The van der Waals surface area contributed by atoms with Crippen molar-refractivity contribution in [2.75, 3.05) is 10.6 Å². The fraction of sp³-hybridized carbons (Fsp3) is 0.226. The maximum atomic E-state index is 13.5. The van der Waals surface area contributed by atoms with E-state index in [2.05, 4.69) is 45.0 Å². The number of anilines is 2. The van der Waals surface area contributed by atoms with Crippen molar-refractivity contribution in [3.8, 4) is 0 Å². The Morgan fingerprint density at radius 1 is 0.860 bits per heavy atom. The topological polar surface area (TPSA) is 116 Å². The van der Waals surface area contributed by atoms with Crippen LogP contribution in [-0.2, 0) is 29.1 Å². The molecule has 4 rings (SSSR count). The molecule has 1 atom stereocenters. The van der Waals surface area contributed by atoms with Crippen LogP contribution in [0.1, 0.15) is 27.9 Å². The Kier molecular flexibility index (Phi) is 11.6. The molecule has 0 saturated carbocycles. The Hall–Kier alpha value is -5.00. The lowest BCUT2D eigenvalue weighted by molar-refractivity contribution is -0.192. The fourth-order valence-electron chi connectivity index (χ4n) is 3.90. The first-order chi connectivity index (χ1) is 20.4. The molecule has 4 N–H and O–H groups in total. The van der Waals surface area contributed by atoms with Gasteiger partial charge in [-0.15, -0.1) is 0 Å². The van der Waals surface area contributed by atoms with Crippen LogP contribution in [0.3, 0.4) is 0 Å². The van der Waals surface area contributed by atoms with E-state index in [1.165, 1.54) is 17.7 Å². The van der Waals surface area contributed by atoms with E-state index in [1.807, 2.05) is 55.5 Å². The maximum Gasteiger partial charge on any atom is 0.490 e. The highest BCUT2D eigenvalue weighted by Crippen LogP contribution is 2.16. The third kappa shape index (κ3) is 11.1. The second-order valence-corrected chi connectivity index (χ2v) is 9.54. The van der Waals surface area contributed by atoms with Gasteiger partial charge in [-0.1, -0.05) is 66.7 Å². The van der Waals surface area contributed by atoms with Crippen molar-refractivity contribution in [3.63, 3.8) is 0 Å². The summed E-state index contributed by atoms with van der Waals surface area (Å²) in [5, 5.41) is 16.6. The number of nitrogens with one attached hydrogen (secondary N) is 3. The molecule has 4 aromatic rings. The number of carboxylic acids is 1. The second-order valence-electron chi connectivity index (χ2n) is 9.54. The smallest absolute Gasteiger partial charge is 0.475 e. The number of hydrogen-bond donors (Lipinski definition) is 4. The van der Waals surface area contributed by atoms with Crippen LogP contribution < -0.4 is 16.0 Å². The van der Waals surface area contributed by atoms with Crippen LogP contribution in [0.5, 0.6) is 0 Å². The lowest BCUT2D eigenvalue weighted by Crippen LogP contribution is -2.41. The third-order valence-electron chi connectivity index (χ3n) is 6.07. The lowest BCUT2D eigenvalue weighted by Gasteiger charge is -2.20. The maximum absolute atomic E-state index is 13.5. The molecule has 1 amide bonds. The number of benzene rings is 3. The number of carboxylic acid groups (broad SMARTS) is 1. The predicted molar refractivity (Wildman–Crippen MR) is 155 cm³/mol. The number of aliphatic carboxylic acids is 1. The first kappa shape index (κ1) is 32.5. The highest BCUT2D eigenvalue weighted by Gasteiger charge is 2.38. The van der Waals surface area contributed by atoms with Crippen molar-refractivity contribution in [1.82, 2.24) is 15.3 Å². The molecule has 0 bridgehead atoms. The van der Waals surface area contributed by atoms with E-state index >= 15 is 0 Å². The number of aromatic nitrogens is 2. The Morgan fingerprint density at radius 3 is 2.16 bits per heavy atom. The van der Waals surface area contributed by atoms with Crippen LogP contribution in [0.15, 0.2) is 84.9 Å². The van der Waals surface area contributed by atoms with Gasteiger partial charge in [0.15, 0.2) is 0 Å². The van der Waals surface area contributed by atoms with Crippen LogP contribution >= 0.6 is 0 Å². The van der Waals surface area contributed by atoms with E-state index in [0.717, 1.165) is 16.8 Å². The summed E-state index contributed by atoms with van der Waals surface area (Å²) in [7, 11) is 0. The highest BCUT2D eigenvalue weighted by atomic mass is 19.4. The summed E-state index contributed by atoms with van der Waals surface area (Å²) in [6, 6.07) is 25.4. The number of hydrogen-bond acceptors (Lipinski definition) is 6. The quantitative estimate of drug-likeness (QED) is 0.170. The van der Waals surface area contributed by atoms with E-state index in [0.29, 0.717) is 30.3 Å². The molecule has 1 aromatic heterocycles. The van der Waals surface area contributed by atoms with Crippen LogP contribution in [0.25, 0.3) is 0 Å². The molecular weight excluding hydrogens is 566 g/mol. The molecule has 43 heavy (non-hydrogen) atoms. The number of amides is 1. The van der Waals surface area contributed by atoms with Gasteiger partial charge in [0.05, 0.1) is 0 Å². The molecule has 3 aromatic carbocycles. The summed E-state index contributed by atoms with van der Waals surface area (Å²) in [6.45, 7) is 4.78. The molecule has 0 saturated heterocycles. The summed E-state index contributed by atoms with van der Waals surface area (Å²) >= 11 is 0. The summed E-state index contributed by atoms with van der Waals surface area (Å²) in [6.07, 6.45) is -4.62. The van der Waals surface area contributed by atoms with Crippen molar-refractivity contribution >= 4 is 23.6 Å². The zero-order chi connectivity index (χ0) is 31.4. The van der Waals surface area contributed by atoms with Crippen LogP contribution in [0, 0.1) is 19.7 Å². The van der Waals surface area contributed by atoms with E-state index < -0.39 is 18.2 Å². The van der Waals surface area contributed by atoms with E-state index in [9.17, 15) is 22.4 Å². The van der Waals surface area contributed by atoms with Gasteiger partial charge in [0.25, 0.3) is 0 Å². The number of aryl methyl sites for hydroxylation is 2. The van der Waals surface area contributed by atoms with Gasteiger partial charge in [-0.05, 0) is 48.2 Å². The summed E-state index contributed by atoms with van der Waals surface area (Å²) in [5.41, 5.74) is 4.84. The van der Waals surface area contributed by atoms with Gasteiger partial charge in [0, 0.05) is 31.3 Å². The molecule has 8 nitrogen and oxygen atoms in total. The Morgan fingerprint density at radius 2 is 1.51 bits per heavy atom. The molecule has 12 heteroatoms. The molecule has 0 aliphatic heterocycles. The SMILES string of the molecule is Cc1cc(N[C@@H](Cc2ccccc2)C(=O)NCc2cccc(F)c2)nc(NCc2ccccc2C)n1.O=C(O)C(F)(F)F. The van der Waals surface area contributed by atoms with Crippen molar-refractivity contribution in [3.05, 3.63) is 119 Å². The molecule has 0 radical (unpaired) electrons. The monoisotopic (exact) mass is 597 g/mol. The van der Waals surface area contributed by atoms with Crippen LogP contribution in [0.4, 0.5) is 29.3 Å². The molecule has 0 spiro atoms. The first-order valence-electron chi connectivity index (χ1n) is 13.2. The molecule has 0 aliphatic rings. The molecular formula is C31H31F4N5O3. The van der Waals surface area contributed by atoms with Crippen molar-refractivity contribution < 1.29 is 32.3 Å². The highest BCUT2D eigenvalue weighted by molar-refractivity contribution is 5.84. The van der Waals surface area contributed by atoms with E-state index in [-0.39, 0.29) is 18.3 Å². The normalized spacial score (nSPS) is 11.5. The Balaban J connectivity index is 0.000000646. The van der Waals surface area contributed by atoms with E-state index in [4.69, 9.17) is 9.90 Å². The van der Waals surface area contributed by atoms with Gasteiger partial charge in [-0.3, -0.25) is 4.79 Å². The molecule has 0 unspecified atom stereocenters. The second kappa shape index (κ2) is 15.3. The van der Waals surface area contributed by atoms with Crippen LogP contribution in [-0.4, -0.2) is 39.2 Å². The van der Waals surface area contributed by atoms with Gasteiger partial charge >= 0.3 is 12.1 Å². The molecule has 0 aliphatic carbocycles. The number of carbonyl (C=O) groups is 2. The average Bonchev–Trinajstić information content (AvgIpc) is 2.95. The summed E-state index contributed by atoms with van der Waals surface area (Å²) in [4.78, 5) is 31.2. The predicted octanol–water partition coefficient (Wildman–Crippen LogP) is 5.82. The molecule has 226 valence electrons. The number of alkyl halides is 3. The summed E-state index contributed by atoms with van der Waals surface area (Å²) in [5.74, 6) is -2.25. The largest absolute Gasteiger partial charge is 0.490 e. The minimum absolute atomic E-state index is 0.200. The lowest BCUT2D eigenvalue weighted by atomic mass is 10.0. The van der Waals surface area contributed by atoms with Crippen molar-refractivity contribution in [2.45, 2.75) is 45.6 Å². The zero-order valence-electron chi connectivity index (χ0n) is 23.5. The Labute approximate surface area is 246 Å². The van der Waals surface area contributed by atoms with Gasteiger partial charge in [-0.25, -0.2) is 14.2 Å². The van der Waals surface area contributed by atoms with Gasteiger partial charge in [0.2, 0.25) is 11.9 Å². The standard InChI is InChI=1S/C29H30FN5O.C2HF3O2/c1-20-9-6-7-13-24(20)19-32-29-33-21(2)15-27(35-29)34-26(17-22-10-4-3-5-11-22)28(36)31-18-23-12-8-14-25(30)16-23;3-2(4,5)1(6)7/h3-16,26H,17-19H2,1-2H3,(H,31,36)(H2,32,33,34,35);(H,6,7)/t26-;/m0./s1. The Bertz CT molecular complexity index is 1520. The van der Waals surface area contributed by atoms with Crippen molar-refractivity contribution in [2.24, 2.45) is 0 Å². The minimum atomic E-state index is -5.08. The van der Waals surface area contributed by atoms with Crippen LogP contribution in [0.2, 0.25) is 0 Å².